The summed E-state index contributed by atoms with van der Waals surface area (Å²) in [7, 11) is 3.82. The Hall–Kier alpha value is -3.74. The van der Waals surface area contributed by atoms with Gasteiger partial charge in [0.1, 0.15) is 12.1 Å². The fourth-order valence-electron chi connectivity index (χ4n) is 5.30. The standard InChI is InChI=1S/C29H36BrN9O2/c1-4-27(40)34-23-17-24(35-29-32-19-31-28(36-29)33-21-7-5-6-20(30)16-21)26(41-3)18-25(23)39-14-12-38(13-15-39)22-8-10-37(2)11-9-22/h4-7,16-19,22H,1,8-15H2,2-3H3,(H,34,40)(H2,31,32,33,35,36). The summed E-state index contributed by atoms with van der Waals surface area (Å²) >= 11 is 3.47. The molecule has 0 radical (unpaired) electrons. The number of benzene rings is 2. The summed E-state index contributed by atoms with van der Waals surface area (Å²) < 4.78 is 6.71. The molecule has 3 N–H and O–H groups in total. The van der Waals surface area contributed by atoms with Crippen molar-refractivity contribution in [1.82, 2.24) is 24.8 Å². The molecule has 2 aromatic carbocycles. The number of aromatic nitrogens is 3. The molecule has 0 bridgehead atoms. The van der Waals surface area contributed by atoms with Crippen molar-refractivity contribution in [2.45, 2.75) is 18.9 Å². The Morgan fingerprint density at radius 1 is 1.02 bits per heavy atom. The molecular weight excluding hydrogens is 586 g/mol. The molecule has 2 saturated heterocycles. The molecule has 0 aliphatic carbocycles. The Balaban J connectivity index is 1.35. The van der Waals surface area contributed by atoms with Crippen LogP contribution in [0.1, 0.15) is 12.8 Å². The van der Waals surface area contributed by atoms with Crippen LogP contribution in [0.4, 0.5) is 34.6 Å². The second kappa shape index (κ2) is 13.3. The van der Waals surface area contributed by atoms with Gasteiger partial charge in [0, 0.05) is 48.4 Å². The number of nitrogens with zero attached hydrogens (tertiary/aromatic N) is 6. The Morgan fingerprint density at radius 3 is 2.44 bits per heavy atom. The number of anilines is 6. The summed E-state index contributed by atoms with van der Waals surface area (Å²) in [5, 5.41) is 9.39. The van der Waals surface area contributed by atoms with Crippen LogP contribution in [0.2, 0.25) is 0 Å². The molecule has 2 aliphatic rings. The number of rotatable bonds is 9. The predicted molar refractivity (Wildman–Crippen MR) is 167 cm³/mol. The van der Waals surface area contributed by atoms with E-state index in [1.807, 2.05) is 36.4 Å². The van der Waals surface area contributed by atoms with E-state index in [9.17, 15) is 4.79 Å². The van der Waals surface area contributed by atoms with E-state index in [2.05, 4.69) is 75.2 Å². The largest absolute Gasteiger partial charge is 0.494 e. The number of hydrogen-bond donors (Lipinski definition) is 3. The van der Waals surface area contributed by atoms with Gasteiger partial charge in [0.05, 0.1) is 24.2 Å². The maximum atomic E-state index is 12.4. The number of carbonyl (C=O) groups excluding carboxylic acids is 1. The van der Waals surface area contributed by atoms with Gasteiger partial charge >= 0.3 is 0 Å². The number of hydrogen-bond acceptors (Lipinski definition) is 10. The molecule has 216 valence electrons. The smallest absolute Gasteiger partial charge is 0.247 e. The third-order valence-electron chi connectivity index (χ3n) is 7.52. The van der Waals surface area contributed by atoms with E-state index in [4.69, 9.17) is 4.74 Å². The fourth-order valence-corrected chi connectivity index (χ4v) is 5.70. The highest BCUT2D eigenvalue weighted by Gasteiger charge is 2.28. The van der Waals surface area contributed by atoms with E-state index < -0.39 is 0 Å². The third-order valence-corrected chi connectivity index (χ3v) is 8.01. The van der Waals surface area contributed by atoms with E-state index in [0.717, 1.165) is 55.1 Å². The highest BCUT2D eigenvalue weighted by Crippen LogP contribution is 2.39. The van der Waals surface area contributed by atoms with Crippen molar-refractivity contribution in [2.75, 3.05) is 74.3 Å². The number of methoxy groups -OCH3 is 1. The average Bonchev–Trinajstić information content (AvgIpc) is 2.98. The molecule has 11 nitrogen and oxygen atoms in total. The minimum atomic E-state index is -0.284. The molecule has 3 heterocycles. The van der Waals surface area contributed by atoms with Gasteiger partial charge in [-0.3, -0.25) is 9.69 Å². The Labute approximate surface area is 249 Å². The van der Waals surface area contributed by atoms with E-state index >= 15 is 0 Å². The molecule has 0 atom stereocenters. The first-order valence-electron chi connectivity index (χ1n) is 13.7. The maximum absolute atomic E-state index is 12.4. The summed E-state index contributed by atoms with van der Waals surface area (Å²) in [5.41, 5.74) is 3.01. The van der Waals surface area contributed by atoms with Crippen molar-refractivity contribution in [2.24, 2.45) is 0 Å². The zero-order valence-electron chi connectivity index (χ0n) is 23.4. The van der Waals surface area contributed by atoms with E-state index in [1.165, 1.54) is 25.2 Å². The lowest BCUT2D eigenvalue weighted by atomic mass is 10.0. The van der Waals surface area contributed by atoms with Crippen LogP contribution in [0.25, 0.3) is 0 Å². The number of amides is 1. The summed E-state index contributed by atoms with van der Waals surface area (Å²) in [6.45, 7) is 9.60. The van der Waals surface area contributed by atoms with Crippen LogP contribution in [-0.2, 0) is 4.79 Å². The zero-order valence-corrected chi connectivity index (χ0v) is 25.0. The first kappa shape index (κ1) is 28.8. The monoisotopic (exact) mass is 621 g/mol. The van der Waals surface area contributed by atoms with Crippen LogP contribution < -0.4 is 25.6 Å². The van der Waals surface area contributed by atoms with Crippen LogP contribution in [0.15, 0.2) is 59.9 Å². The lowest BCUT2D eigenvalue weighted by Crippen LogP contribution is -2.53. The number of carbonyl (C=O) groups is 1. The molecule has 1 aromatic heterocycles. The molecule has 1 amide bonds. The van der Waals surface area contributed by atoms with Crippen LogP contribution in [-0.4, -0.2) is 90.1 Å². The number of nitrogens with one attached hydrogen (secondary N) is 3. The molecule has 12 heteroatoms. The molecule has 0 saturated carbocycles. The van der Waals surface area contributed by atoms with Crippen LogP contribution in [0.3, 0.4) is 0 Å². The maximum Gasteiger partial charge on any atom is 0.247 e. The Bertz CT molecular complexity index is 1370. The molecular formula is C29H36BrN9O2. The topological polar surface area (TPSA) is 111 Å². The second-order valence-corrected chi connectivity index (χ2v) is 11.1. The number of piperidine rings is 1. The van der Waals surface area contributed by atoms with Gasteiger partial charge in [0.15, 0.2) is 0 Å². The van der Waals surface area contributed by atoms with Crippen molar-refractivity contribution in [1.29, 1.82) is 0 Å². The molecule has 0 spiro atoms. The van der Waals surface area contributed by atoms with E-state index in [1.54, 1.807) is 7.11 Å². The van der Waals surface area contributed by atoms with Gasteiger partial charge in [-0.15, -0.1) is 0 Å². The summed E-state index contributed by atoms with van der Waals surface area (Å²) in [6, 6.07) is 12.2. The number of piperazine rings is 1. The SMILES string of the molecule is C=CC(=O)Nc1cc(Nc2ncnc(Nc3cccc(Br)c3)n2)c(OC)cc1N1CCN(C2CCN(C)CC2)CC1. The first-order valence-corrected chi connectivity index (χ1v) is 14.5. The summed E-state index contributed by atoms with van der Waals surface area (Å²) in [4.78, 5) is 32.8. The van der Waals surface area contributed by atoms with Crippen molar-refractivity contribution in [3.63, 3.8) is 0 Å². The lowest BCUT2D eigenvalue weighted by Gasteiger charge is -2.43. The fraction of sp³-hybridized carbons (Fsp3) is 0.379. The Kier molecular flexibility index (Phi) is 9.32. The predicted octanol–water partition coefficient (Wildman–Crippen LogP) is 4.47. The van der Waals surface area contributed by atoms with Gasteiger partial charge in [-0.05, 0) is 63.3 Å². The normalized spacial score (nSPS) is 16.7. The van der Waals surface area contributed by atoms with Gasteiger partial charge in [-0.1, -0.05) is 28.6 Å². The minimum absolute atomic E-state index is 0.284. The van der Waals surface area contributed by atoms with Gasteiger partial charge in [0.25, 0.3) is 0 Å². The van der Waals surface area contributed by atoms with Gasteiger partial charge < -0.3 is 30.5 Å². The van der Waals surface area contributed by atoms with Gasteiger partial charge in [0.2, 0.25) is 17.8 Å². The molecule has 2 fully saturated rings. The van der Waals surface area contributed by atoms with Crippen molar-refractivity contribution >= 4 is 56.5 Å². The van der Waals surface area contributed by atoms with Gasteiger partial charge in [-0.25, -0.2) is 9.97 Å². The first-order chi connectivity index (χ1) is 19.9. The third kappa shape index (κ3) is 7.32. The van der Waals surface area contributed by atoms with E-state index in [0.29, 0.717) is 35.1 Å². The average molecular weight is 623 g/mol. The van der Waals surface area contributed by atoms with E-state index in [-0.39, 0.29) is 5.91 Å². The Morgan fingerprint density at radius 2 is 1.76 bits per heavy atom. The van der Waals surface area contributed by atoms with Crippen LogP contribution >= 0.6 is 15.9 Å². The zero-order chi connectivity index (χ0) is 28.8. The van der Waals surface area contributed by atoms with Crippen molar-refractivity contribution < 1.29 is 9.53 Å². The number of likely N-dealkylation sites (tertiary alicyclic amines) is 1. The minimum Gasteiger partial charge on any atom is -0.494 e. The van der Waals surface area contributed by atoms with Crippen LogP contribution in [0, 0.1) is 0 Å². The second-order valence-electron chi connectivity index (χ2n) is 10.2. The number of ether oxygens (including phenoxy) is 1. The molecule has 0 unspecified atom stereocenters. The van der Waals surface area contributed by atoms with Crippen molar-refractivity contribution in [3.8, 4) is 5.75 Å². The molecule has 5 rings (SSSR count). The number of halogens is 1. The quantitative estimate of drug-likeness (QED) is 0.296. The summed E-state index contributed by atoms with van der Waals surface area (Å²) in [5.74, 6) is 1.04. The van der Waals surface area contributed by atoms with Crippen LogP contribution in [0.5, 0.6) is 5.75 Å². The highest BCUT2D eigenvalue weighted by molar-refractivity contribution is 9.10. The van der Waals surface area contributed by atoms with Gasteiger partial charge in [-0.2, -0.15) is 4.98 Å². The molecule has 2 aliphatic heterocycles. The van der Waals surface area contributed by atoms with Crippen molar-refractivity contribution in [3.05, 3.63) is 59.9 Å². The lowest BCUT2D eigenvalue weighted by molar-refractivity contribution is -0.111. The molecule has 3 aromatic rings. The molecule has 41 heavy (non-hydrogen) atoms. The summed E-state index contributed by atoms with van der Waals surface area (Å²) in [6.07, 6.45) is 5.12. The highest BCUT2D eigenvalue weighted by atomic mass is 79.9.